The van der Waals surface area contributed by atoms with E-state index in [2.05, 4.69) is 25.7 Å². The van der Waals surface area contributed by atoms with Gasteiger partial charge < -0.3 is 9.47 Å². The molecule has 0 rings (SSSR count). The van der Waals surface area contributed by atoms with Crippen molar-refractivity contribution in [2.45, 2.75) is 52.9 Å². The summed E-state index contributed by atoms with van der Waals surface area (Å²) in [6.45, 7) is 13.4. The average molecular weight is 259 g/mol. The minimum absolute atomic E-state index is 0.856. The maximum Gasteiger partial charge on any atom is 0.0593 e. The Labute approximate surface area is 114 Å². The SMILES string of the molecule is CCCCOCCN(CCC)CCOCCCC. The van der Waals surface area contributed by atoms with Crippen molar-refractivity contribution in [2.24, 2.45) is 0 Å². The van der Waals surface area contributed by atoms with Gasteiger partial charge in [-0.2, -0.15) is 0 Å². The molecule has 0 aromatic rings. The Hall–Kier alpha value is -0.120. The summed E-state index contributed by atoms with van der Waals surface area (Å²) in [6, 6.07) is 0. The zero-order chi connectivity index (χ0) is 13.5. The van der Waals surface area contributed by atoms with Crippen LogP contribution in [-0.4, -0.2) is 51.0 Å². The molecular weight excluding hydrogens is 226 g/mol. The molecule has 0 fully saturated rings. The number of ether oxygens (including phenoxy) is 2. The highest BCUT2D eigenvalue weighted by molar-refractivity contribution is 4.56. The Kier molecular flexibility index (Phi) is 14.8. The highest BCUT2D eigenvalue weighted by Gasteiger charge is 2.03. The first-order chi connectivity index (χ1) is 8.85. The van der Waals surface area contributed by atoms with Crippen molar-refractivity contribution in [3.63, 3.8) is 0 Å². The van der Waals surface area contributed by atoms with Crippen LogP contribution in [-0.2, 0) is 9.47 Å². The quantitative estimate of drug-likeness (QED) is 0.447. The lowest BCUT2D eigenvalue weighted by Gasteiger charge is -2.21. The lowest BCUT2D eigenvalue weighted by atomic mass is 10.3. The van der Waals surface area contributed by atoms with E-state index in [4.69, 9.17) is 9.47 Å². The van der Waals surface area contributed by atoms with Gasteiger partial charge in [0, 0.05) is 26.3 Å². The maximum absolute atomic E-state index is 5.61. The zero-order valence-corrected chi connectivity index (χ0v) is 12.7. The largest absolute Gasteiger partial charge is 0.380 e. The van der Waals surface area contributed by atoms with Gasteiger partial charge in [-0.15, -0.1) is 0 Å². The van der Waals surface area contributed by atoms with Crippen LogP contribution >= 0.6 is 0 Å². The summed E-state index contributed by atoms with van der Waals surface area (Å²) >= 11 is 0. The van der Waals surface area contributed by atoms with Crippen molar-refractivity contribution >= 4 is 0 Å². The van der Waals surface area contributed by atoms with Crippen LogP contribution in [0.15, 0.2) is 0 Å². The molecule has 0 N–H and O–H groups in total. The Morgan fingerprint density at radius 2 is 1.11 bits per heavy atom. The van der Waals surface area contributed by atoms with Crippen molar-refractivity contribution in [2.75, 3.05) is 46.1 Å². The van der Waals surface area contributed by atoms with Crippen molar-refractivity contribution in [3.8, 4) is 0 Å². The average Bonchev–Trinajstić information content (AvgIpc) is 2.38. The fourth-order valence-electron chi connectivity index (χ4n) is 1.74. The third-order valence-corrected chi connectivity index (χ3v) is 2.93. The Balaban J connectivity index is 3.45. The molecule has 0 atom stereocenters. The molecule has 0 amide bonds. The lowest BCUT2D eigenvalue weighted by molar-refractivity contribution is 0.0728. The normalized spacial score (nSPS) is 11.3. The van der Waals surface area contributed by atoms with Crippen LogP contribution in [0.1, 0.15) is 52.9 Å². The molecule has 0 unspecified atom stereocenters. The fraction of sp³-hybridized carbons (Fsp3) is 1.00. The van der Waals surface area contributed by atoms with Crippen LogP contribution < -0.4 is 0 Å². The predicted octanol–water partition coefficient (Wildman–Crippen LogP) is 3.33. The molecule has 0 aliphatic carbocycles. The van der Waals surface area contributed by atoms with Gasteiger partial charge in [0.2, 0.25) is 0 Å². The highest BCUT2D eigenvalue weighted by atomic mass is 16.5. The summed E-state index contributed by atoms with van der Waals surface area (Å²) < 4.78 is 11.2. The Morgan fingerprint density at radius 1 is 0.611 bits per heavy atom. The summed E-state index contributed by atoms with van der Waals surface area (Å²) in [5, 5.41) is 0. The van der Waals surface area contributed by atoms with Gasteiger partial charge >= 0.3 is 0 Å². The summed E-state index contributed by atoms with van der Waals surface area (Å²) in [5.41, 5.74) is 0. The number of rotatable bonds is 14. The molecule has 0 aromatic heterocycles. The van der Waals surface area contributed by atoms with Gasteiger partial charge in [0.25, 0.3) is 0 Å². The van der Waals surface area contributed by atoms with E-state index in [1.807, 2.05) is 0 Å². The van der Waals surface area contributed by atoms with Crippen molar-refractivity contribution in [1.29, 1.82) is 0 Å². The van der Waals surface area contributed by atoms with Crippen LogP contribution in [0.3, 0.4) is 0 Å². The van der Waals surface area contributed by atoms with Gasteiger partial charge in [0.1, 0.15) is 0 Å². The number of unbranched alkanes of at least 4 members (excludes halogenated alkanes) is 2. The van der Waals surface area contributed by atoms with Crippen LogP contribution in [0.5, 0.6) is 0 Å². The molecule has 0 saturated heterocycles. The van der Waals surface area contributed by atoms with E-state index in [1.165, 1.54) is 32.1 Å². The van der Waals surface area contributed by atoms with E-state index in [1.54, 1.807) is 0 Å². The molecule has 3 heteroatoms. The summed E-state index contributed by atoms with van der Waals surface area (Å²) in [4.78, 5) is 2.44. The molecule has 110 valence electrons. The standard InChI is InChI=1S/C15H33NO2/c1-4-7-12-17-14-10-16(9-6-3)11-15-18-13-8-5-2/h4-15H2,1-3H3. The van der Waals surface area contributed by atoms with Crippen molar-refractivity contribution in [3.05, 3.63) is 0 Å². The molecule has 3 nitrogen and oxygen atoms in total. The van der Waals surface area contributed by atoms with E-state index in [-0.39, 0.29) is 0 Å². The third kappa shape index (κ3) is 12.3. The molecule has 0 saturated carbocycles. The van der Waals surface area contributed by atoms with Crippen LogP contribution in [0.25, 0.3) is 0 Å². The number of hydrogen-bond acceptors (Lipinski definition) is 3. The van der Waals surface area contributed by atoms with E-state index in [0.717, 1.165) is 46.1 Å². The molecule has 18 heavy (non-hydrogen) atoms. The van der Waals surface area contributed by atoms with Gasteiger partial charge in [-0.25, -0.2) is 0 Å². The van der Waals surface area contributed by atoms with Gasteiger partial charge in [0.15, 0.2) is 0 Å². The molecule has 0 aliphatic heterocycles. The lowest BCUT2D eigenvalue weighted by Crippen LogP contribution is -2.32. The number of hydrogen-bond donors (Lipinski definition) is 0. The second-order valence-electron chi connectivity index (χ2n) is 4.77. The Morgan fingerprint density at radius 3 is 1.50 bits per heavy atom. The zero-order valence-electron chi connectivity index (χ0n) is 12.7. The van der Waals surface area contributed by atoms with Crippen LogP contribution in [0.4, 0.5) is 0 Å². The van der Waals surface area contributed by atoms with Gasteiger partial charge in [-0.05, 0) is 25.8 Å². The van der Waals surface area contributed by atoms with E-state index in [0.29, 0.717) is 0 Å². The fourth-order valence-corrected chi connectivity index (χ4v) is 1.74. The summed E-state index contributed by atoms with van der Waals surface area (Å²) in [5.74, 6) is 0. The molecule has 0 spiro atoms. The molecule has 0 aliphatic rings. The molecule has 0 bridgehead atoms. The first kappa shape index (κ1) is 17.9. The summed E-state index contributed by atoms with van der Waals surface area (Å²) in [6.07, 6.45) is 5.97. The third-order valence-electron chi connectivity index (χ3n) is 2.93. The van der Waals surface area contributed by atoms with E-state index in [9.17, 15) is 0 Å². The van der Waals surface area contributed by atoms with E-state index >= 15 is 0 Å². The topological polar surface area (TPSA) is 21.7 Å². The Bertz CT molecular complexity index is 139. The van der Waals surface area contributed by atoms with Gasteiger partial charge in [-0.3, -0.25) is 4.90 Å². The minimum atomic E-state index is 0.856. The minimum Gasteiger partial charge on any atom is -0.380 e. The molecule has 0 aromatic carbocycles. The first-order valence-electron chi connectivity index (χ1n) is 7.72. The summed E-state index contributed by atoms with van der Waals surface area (Å²) in [7, 11) is 0. The number of nitrogens with zero attached hydrogens (tertiary/aromatic N) is 1. The second kappa shape index (κ2) is 14.9. The highest BCUT2D eigenvalue weighted by Crippen LogP contribution is 1.95. The molecule has 0 radical (unpaired) electrons. The first-order valence-corrected chi connectivity index (χ1v) is 7.72. The van der Waals surface area contributed by atoms with Crippen LogP contribution in [0.2, 0.25) is 0 Å². The van der Waals surface area contributed by atoms with Crippen molar-refractivity contribution in [1.82, 2.24) is 4.90 Å². The van der Waals surface area contributed by atoms with Gasteiger partial charge in [-0.1, -0.05) is 33.6 Å². The maximum atomic E-state index is 5.61. The second-order valence-corrected chi connectivity index (χ2v) is 4.77. The van der Waals surface area contributed by atoms with Crippen molar-refractivity contribution < 1.29 is 9.47 Å². The monoisotopic (exact) mass is 259 g/mol. The predicted molar refractivity (Wildman–Crippen MR) is 78.2 cm³/mol. The molecular formula is C15H33NO2. The van der Waals surface area contributed by atoms with Gasteiger partial charge in [0.05, 0.1) is 13.2 Å². The van der Waals surface area contributed by atoms with E-state index < -0.39 is 0 Å². The smallest absolute Gasteiger partial charge is 0.0593 e. The molecule has 0 heterocycles. The van der Waals surface area contributed by atoms with Crippen LogP contribution in [0, 0.1) is 0 Å².